The van der Waals surface area contributed by atoms with Crippen molar-refractivity contribution in [1.29, 1.82) is 0 Å². The maximum atomic E-state index is 12.1. The van der Waals surface area contributed by atoms with Crippen LogP contribution < -0.4 is 0 Å². The topological polar surface area (TPSA) is 63.5 Å². The van der Waals surface area contributed by atoms with Crippen molar-refractivity contribution >= 4 is 5.91 Å². The molecule has 1 aliphatic rings. The van der Waals surface area contributed by atoms with Crippen molar-refractivity contribution in [2.45, 2.75) is 31.5 Å². The van der Waals surface area contributed by atoms with Crippen LogP contribution in [-0.4, -0.2) is 77.1 Å². The third-order valence-electron chi connectivity index (χ3n) is 3.92. The molecule has 2 heterocycles. The first-order valence-electron chi connectivity index (χ1n) is 6.91. The van der Waals surface area contributed by atoms with E-state index in [1.54, 1.807) is 29.1 Å². The third kappa shape index (κ3) is 3.77. The van der Waals surface area contributed by atoms with E-state index in [1.807, 2.05) is 7.05 Å². The molecule has 0 aliphatic carbocycles. The van der Waals surface area contributed by atoms with Crippen molar-refractivity contribution in [2.24, 2.45) is 0 Å². The molecule has 0 aromatic carbocycles. The first-order chi connectivity index (χ1) is 9.60. The van der Waals surface area contributed by atoms with E-state index < -0.39 is 0 Å². The monoisotopic (exact) mass is 281 g/mol. The van der Waals surface area contributed by atoms with Crippen molar-refractivity contribution in [3.05, 3.63) is 12.4 Å². The van der Waals surface area contributed by atoms with E-state index >= 15 is 0 Å². The van der Waals surface area contributed by atoms with E-state index in [1.165, 1.54) is 0 Å². The summed E-state index contributed by atoms with van der Waals surface area (Å²) < 4.78 is 7.06. The van der Waals surface area contributed by atoms with E-state index in [0.717, 1.165) is 19.5 Å². The zero-order valence-electron chi connectivity index (χ0n) is 12.4. The number of likely N-dealkylation sites (tertiary alicyclic amines) is 1. The fourth-order valence-electron chi connectivity index (χ4n) is 2.58. The molecule has 0 saturated carbocycles. The lowest BCUT2D eigenvalue weighted by Crippen LogP contribution is -2.39. The van der Waals surface area contributed by atoms with E-state index in [2.05, 4.69) is 22.3 Å². The van der Waals surface area contributed by atoms with Gasteiger partial charge in [0.2, 0.25) is 5.91 Å². The van der Waals surface area contributed by atoms with Crippen LogP contribution in [0, 0.1) is 0 Å². The number of hydrogen-bond acceptors (Lipinski definition) is 5. The molecular weight excluding hydrogens is 258 g/mol. The number of methoxy groups -OCH3 is 1. The molecule has 1 fully saturated rings. The summed E-state index contributed by atoms with van der Waals surface area (Å²) in [4.78, 5) is 16.2. The summed E-state index contributed by atoms with van der Waals surface area (Å²) in [5.74, 6) is 0.134. The SMILES string of the molecule is CO[C@H]1C[C@@H](CN(C)C(=O)CCn2ccnn2)N(C)C1. The Morgan fingerprint density at radius 1 is 1.55 bits per heavy atom. The Morgan fingerprint density at radius 2 is 2.35 bits per heavy atom. The molecular formula is C13H23N5O2. The summed E-state index contributed by atoms with van der Waals surface area (Å²) in [7, 11) is 5.68. The first kappa shape index (κ1) is 14.9. The maximum absolute atomic E-state index is 12.1. The molecule has 1 amide bonds. The summed E-state index contributed by atoms with van der Waals surface area (Å²) in [5, 5.41) is 7.58. The number of carbonyl (C=O) groups excluding carboxylic acids is 1. The van der Waals surface area contributed by atoms with E-state index in [-0.39, 0.29) is 12.0 Å². The first-order valence-corrected chi connectivity index (χ1v) is 6.91. The molecule has 7 heteroatoms. The van der Waals surface area contributed by atoms with Gasteiger partial charge >= 0.3 is 0 Å². The van der Waals surface area contributed by atoms with Crippen LogP contribution in [0.2, 0.25) is 0 Å². The van der Waals surface area contributed by atoms with E-state index in [9.17, 15) is 4.79 Å². The molecule has 2 atom stereocenters. The number of ether oxygens (including phenoxy) is 1. The van der Waals surface area contributed by atoms with Crippen LogP contribution in [0.25, 0.3) is 0 Å². The Bertz CT molecular complexity index is 422. The summed E-state index contributed by atoms with van der Waals surface area (Å²) in [6, 6.07) is 0.375. The van der Waals surface area contributed by atoms with Crippen LogP contribution in [0.1, 0.15) is 12.8 Å². The van der Waals surface area contributed by atoms with Gasteiger partial charge < -0.3 is 9.64 Å². The van der Waals surface area contributed by atoms with Crippen LogP contribution in [0.3, 0.4) is 0 Å². The van der Waals surface area contributed by atoms with Crippen LogP contribution in [0.5, 0.6) is 0 Å². The average Bonchev–Trinajstić information content (AvgIpc) is 3.06. The second-order valence-corrected chi connectivity index (χ2v) is 5.38. The maximum Gasteiger partial charge on any atom is 0.224 e. The third-order valence-corrected chi connectivity index (χ3v) is 3.92. The van der Waals surface area contributed by atoms with Gasteiger partial charge in [0.05, 0.1) is 18.8 Å². The molecule has 7 nitrogen and oxygen atoms in total. The molecule has 0 N–H and O–H groups in total. The second kappa shape index (κ2) is 6.81. The van der Waals surface area contributed by atoms with Gasteiger partial charge in [-0.25, -0.2) is 0 Å². The molecule has 0 radical (unpaired) electrons. The van der Waals surface area contributed by atoms with E-state index in [4.69, 9.17) is 4.74 Å². The smallest absolute Gasteiger partial charge is 0.224 e. The molecule has 112 valence electrons. The fraction of sp³-hybridized carbons (Fsp3) is 0.769. The van der Waals surface area contributed by atoms with Gasteiger partial charge in [0.25, 0.3) is 0 Å². The second-order valence-electron chi connectivity index (χ2n) is 5.38. The molecule has 1 aliphatic heterocycles. The van der Waals surface area contributed by atoms with Gasteiger partial charge in [-0.15, -0.1) is 5.10 Å². The van der Waals surface area contributed by atoms with Gasteiger partial charge in [0.15, 0.2) is 0 Å². The van der Waals surface area contributed by atoms with Crippen LogP contribution in [-0.2, 0) is 16.1 Å². The summed E-state index contributed by atoms with van der Waals surface area (Å²) in [6.45, 7) is 2.25. The van der Waals surface area contributed by atoms with Crippen LogP contribution in [0.15, 0.2) is 12.4 Å². The Hall–Kier alpha value is -1.47. The number of aryl methyl sites for hydroxylation is 1. The normalized spacial score (nSPS) is 23.1. The molecule has 0 spiro atoms. The minimum absolute atomic E-state index is 0.134. The van der Waals surface area contributed by atoms with Gasteiger partial charge in [-0.1, -0.05) is 5.21 Å². The molecule has 0 bridgehead atoms. The van der Waals surface area contributed by atoms with Crippen LogP contribution in [0.4, 0.5) is 0 Å². The van der Waals surface area contributed by atoms with Gasteiger partial charge in [-0.05, 0) is 13.5 Å². The Labute approximate surface area is 119 Å². The number of nitrogens with zero attached hydrogens (tertiary/aromatic N) is 5. The van der Waals surface area contributed by atoms with Gasteiger partial charge in [-0.2, -0.15) is 0 Å². The minimum Gasteiger partial charge on any atom is -0.380 e. The molecule has 1 aromatic heterocycles. The lowest BCUT2D eigenvalue weighted by atomic mass is 10.2. The highest BCUT2D eigenvalue weighted by Crippen LogP contribution is 2.18. The van der Waals surface area contributed by atoms with Gasteiger partial charge in [-0.3, -0.25) is 14.4 Å². The Kier molecular flexibility index (Phi) is 5.08. The molecule has 1 aromatic rings. The average molecular weight is 281 g/mol. The van der Waals surface area contributed by atoms with Gasteiger partial charge in [0, 0.05) is 45.9 Å². The highest BCUT2D eigenvalue weighted by molar-refractivity contribution is 5.75. The highest BCUT2D eigenvalue weighted by atomic mass is 16.5. The van der Waals surface area contributed by atoms with Crippen LogP contribution >= 0.6 is 0 Å². The molecule has 0 unspecified atom stereocenters. The largest absolute Gasteiger partial charge is 0.380 e. The predicted octanol–water partition coefficient (Wildman–Crippen LogP) is -0.154. The number of likely N-dealkylation sites (N-methyl/N-ethyl adjacent to an activating group) is 2. The zero-order chi connectivity index (χ0) is 14.5. The molecule has 20 heavy (non-hydrogen) atoms. The lowest BCUT2D eigenvalue weighted by molar-refractivity contribution is -0.130. The number of amides is 1. The van der Waals surface area contributed by atoms with Crippen molar-refractivity contribution in [3.8, 4) is 0 Å². The van der Waals surface area contributed by atoms with Crippen molar-refractivity contribution in [1.82, 2.24) is 24.8 Å². The molecule has 2 rings (SSSR count). The Balaban J connectivity index is 1.76. The standard InChI is InChI=1S/C13H23N5O2/c1-16-10-12(20-3)8-11(16)9-17(2)13(19)4-6-18-7-5-14-15-18/h5,7,11-12H,4,6,8-10H2,1-3H3/t11-,12-/m0/s1. The van der Waals surface area contributed by atoms with Crippen molar-refractivity contribution < 1.29 is 9.53 Å². The predicted molar refractivity (Wildman–Crippen MR) is 74.1 cm³/mol. The van der Waals surface area contributed by atoms with Crippen molar-refractivity contribution in [3.63, 3.8) is 0 Å². The summed E-state index contributed by atoms with van der Waals surface area (Å²) in [6.07, 6.45) is 5.09. The quantitative estimate of drug-likeness (QED) is 0.725. The number of carbonyl (C=O) groups is 1. The van der Waals surface area contributed by atoms with Crippen molar-refractivity contribution in [2.75, 3.05) is 34.3 Å². The summed E-state index contributed by atoms with van der Waals surface area (Å²) >= 11 is 0. The fourth-order valence-corrected chi connectivity index (χ4v) is 2.58. The number of rotatable bonds is 6. The lowest BCUT2D eigenvalue weighted by Gasteiger charge is -2.25. The van der Waals surface area contributed by atoms with Gasteiger partial charge in [0.1, 0.15) is 0 Å². The number of aromatic nitrogens is 3. The van der Waals surface area contributed by atoms with E-state index in [0.29, 0.717) is 19.0 Å². The number of hydrogen-bond donors (Lipinski definition) is 0. The zero-order valence-corrected chi connectivity index (χ0v) is 12.4. The molecule has 1 saturated heterocycles. The Morgan fingerprint density at radius 3 is 2.95 bits per heavy atom. The summed E-state index contributed by atoms with van der Waals surface area (Å²) in [5.41, 5.74) is 0. The highest BCUT2D eigenvalue weighted by Gasteiger charge is 2.30. The minimum atomic E-state index is 0.134.